The standard InChI is InChI=1S/C22H28N2O2S/c1-15-13-20(27-21(15)22(25)24-12-11-17(23)14-24)16-7-9-19(10-8-16)26-18-5-3-2-4-6-18/h7-10,13,17-18H,2-6,11-12,14,23H2,1H3/t17-/m0/s1. The molecule has 2 aromatic rings. The van der Waals surface area contributed by atoms with Gasteiger partial charge in [-0.1, -0.05) is 6.42 Å². The Morgan fingerprint density at radius 1 is 1.15 bits per heavy atom. The maximum atomic E-state index is 12.8. The van der Waals surface area contributed by atoms with Gasteiger partial charge < -0.3 is 15.4 Å². The summed E-state index contributed by atoms with van der Waals surface area (Å²) in [6, 6.07) is 10.5. The number of thiophene rings is 1. The zero-order valence-electron chi connectivity index (χ0n) is 15.9. The van der Waals surface area contributed by atoms with Crippen molar-refractivity contribution in [3.8, 4) is 16.2 Å². The third-order valence-electron chi connectivity index (χ3n) is 5.62. The Hall–Kier alpha value is -1.85. The zero-order chi connectivity index (χ0) is 18.8. The number of hydrogen-bond acceptors (Lipinski definition) is 4. The predicted octanol–water partition coefficient (Wildman–Crippen LogP) is 4.61. The molecule has 2 aliphatic rings. The van der Waals surface area contributed by atoms with Crippen LogP contribution in [0.2, 0.25) is 0 Å². The van der Waals surface area contributed by atoms with Crippen LogP contribution < -0.4 is 10.5 Å². The maximum Gasteiger partial charge on any atom is 0.264 e. The molecule has 144 valence electrons. The first kappa shape index (κ1) is 18.5. The zero-order valence-corrected chi connectivity index (χ0v) is 16.8. The minimum absolute atomic E-state index is 0.116. The highest BCUT2D eigenvalue weighted by Crippen LogP contribution is 2.34. The van der Waals surface area contributed by atoms with Crippen LogP contribution in [0.3, 0.4) is 0 Å². The largest absolute Gasteiger partial charge is 0.490 e. The molecule has 1 aromatic carbocycles. The van der Waals surface area contributed by atoms with Crippen molar-refractivity contribution in [2.75, 3.05) is 13.1 Å². The van der Waals surface area contributed by atoms with Crippen molar-refractivity contribution in [3.05, 3.63) is 40.8 Å². The lowest BCUT2D eigenvalue weighted by Crippen LogP contribution is -2.31. The molecule has 0 bridgehead atoms. The van der Waals surface area contributed by atoms with Crippen LogP contribution in [0.25, 0.3) is 10.4 Å². The maximum absolute atomic E-state index is 12.8. The van der Waals surface area contributed by atoms with Gasteiger partial charge in [-0.15, -0.1) is 11.3 Å². The Bertz CT molecular complexity index is 793. The molecule has 1 saturated heterocycles. The van der Waals surface area contributed by atoms with Gasteiger partial charge >= 0.3 is 0 Å². The molecular formula is C22H28N2O2S. The topological polar surface area (TPSA) is 55.6 Å². The molecule has 5 heteroatoms. The van der Waals surface area contributed by atoms with Gasteiger partial charge in [-0.25, -0.2) is 0 Å². The van der Waals surface area contributed by atoms with Gasteiger partial charge in [-0.2, -0.15) is 0 Å². The summed E-state index contributed by atoms with van der Waals surface area (Å²) in [5, 5.41) is 0. The number of carbonyl (C=O) groups is 1. The first-order chi connectivity index (χ1) is 13.1. The molecule has 2 N–H and O–H groups in total. The molecule has 1 amide bonds. The molecule has 1 aromatic heterocycles. The number of carbonyl (C=O) groups excluding carboxylic acids is 1. The van der Waals surface area contributed by atoms with Crippen LogP contribution in [0.5, 0.6) is 5.75 Å². The van der Waals surface area contributed by atoms with Crippen molar-refractivity contribution in [3.63, 3.8) is 0 Å². The lowest BCUT2D eigenvalue weighted by atomic mass is 9.98. The number of ether oxygens (including phenoxy) is 1. The van der Waals surface area contributed by atoms with E-state index >= 15 is 0 Å². The molecule has 4 rings (SSSR count). The van der Waals surface area contributed by atoms with E-state index in [1.807, 2.05) is 11.8 Å². The fraction of sp³-hybridized carbons (Fsp3) is 0.500. The monoisotopic (exact) mass is 384 g/mol. The minimum Gasteiger partial charge on any atom is -0.490 e. The summed E-state index contributed by atoms with van der Waals surface area (Å²) in [6.45, 7) is 3.45. The highest BCUT2D eigenvalue weighted by molar-refractivity contribution is 7.17. The van der Waals surface area contributed by atoms with E-state index in [0.717, 1.165) is 52.4 Å². The average molecular weight is 385 g/mol. The quantitative estimate of drug-likeness (QED) is 0.837. The number of likely N-dealkylation sites (tertiary alicyclic amines) is 1. The van der Waals surface area contributed by atoms with Crippen LogP contribution >= 0.6 is 11.3 Å². The predicted molar refractivity (Wildman–Crippen MR) is 110 cm³/mol. The van der Waals surface area contributed by atoms with E-state index in [2.05, 4.69) is 30.3 Å². The van der Waals surface area contributed by atoms with Gasteiger partial charge in [-0.3, -0.25) is 4.79 Å². The second kappa shape index (κ2) is 8.03. The summed E-state index contributed by atoms with van der Waals surface area (Å²) in [6.07, 6.45) is 7.47. The first-order valence-electron chi connectivity index (χ1n) is 10.0. The second-order valence-electron chi connectivity index (χ2n) is 7.82. The van der Waals surface area contributed by atoms with E-state index in [9.17, 15) is 4.79 Å². The van der Waals surface area contributed by atoms with Crippen molar-refractivity contribution in [2.24, 2.45) is 5.73 Å². The van der Waals surface area contributed by atoms with Crippen molar-refractivity contribution >= 4 is 17.2 Å². The molecule has 27 heavy (non-hydrogen) atoms. The van der Waals surface area contributed by atoms with E-state index in [-0.39, 0.29) is 11.9 Å². The lowest BCUT2D eigenvalue weighted by Gasteiger charge is -2.23. The highest BCUT2D eigenvalue weighted by Gasteiger charge is 2.27. The Morgan fingerprint density at radius 2 is 1.89 bits per heavy atom. The molecule has 0 radical (unpaired) electrons. The molecule has 0 spiro atoms. The van der Waals surface area contributed by atoms with Crippen LogP contribution in [0, 0.1) is 6.92 Å². The number of rotatable bonds is 4. The fourth-order valence-corrected chi connectivity index (χ4v) is 5.17. The van der Waals surface area contributed by atoms with Gasteiger partial charge in [-0.05, 0) is 80.5 Å². The summed E-state index contributed by atoms with van der Waals surface area (Å²) in [7, 11) is 0. The Kier molecular flexibility index (Phi) is 5.50. The average Bonchev–Trinajstić information content (AvgIpc) is 3.29. The molecule has 2 heterocycles. The second-order valence-corrected chi connectivity index (χ2v) is 8.88. The van der Waals surface area contributed by atoms with Gasteiger partial charge in [0.25, 0.3) is 5.91 Å². The number of amides is 1. The van der Waals surface area contributed by atoms with Crippen LogP contribution in [0.15, 0.2) is 30.3 Å². The van der Waals surface area contributed by atoms with Crippen molar-refractivity contribution in [1.82, 2.24) is 4.90 Å². The molecule has 0 unspecified atom stereocenters. The Labute approximate surface area is 165 Å². The molecule has 1 saturated carbocycles. The van der Waals surface area contributed by atoms with Gasteiger partial charge in [0.1, 0.15) is 5.75 Å². The van der Waals surface area contributed by atoms with E-state index < -0.39 is 0 Å². The SMILES string of the molecule is Cc1cc(-c2ccc(OC3CCCCC3)cc2)sc1C(=O)N1CC[C@H](N)C1. The molecule has 1 aliphatic heterocycles. The summed E-state index contributed by atoms with van der Waals surface area (Å²) < 4.78 is 6.12. The van der Waals surface area contributed by atoms with Gasteiger partial charge in [0.05, 0.1) is 11.0 Å². The van der Waals surface area contributed by atoms with E-state index in [1.54, 1.807) is 11.3 Å². The van der Waals surface area contributed by atoms with Crippen molar-refractivity contribution in [1.29, 1.82) is 0 Å². The van der Waals surface area contributed by atoms with Crippen molar-refractivity contribution < 1.29 is 9.53 Å². The Morgan fingerprint density at radius 3 is 2.56 bits per heavy atom. The van der Waals surface area contributed by atoms with Crippen LogP contribution in [0.4, 0.5) is 0 Å². The highest BCUT2D eigenvalue weighted by atomic mass is 32.1. The number of nitrogens with zero attached hydrogens (tertiary/aromatic N) is 1. The summed E-state index contributed by atoms with van der Waals surface area (Å²) in [4.78, 5) is 16.6. The van der Waals surface area contributed by atoms with Crippen LogP contribution in [0.1, 0.15) is 53.8 Å². The van der Waals surface area contributed by atoms with Crippen LogP contribution in [-0.4, -0.2) is 36.0 Å². The van der Waals surface area contributed by atoms with Crippen molar-refractivity contribution in [2.45, 2.75) is 57.6 Å². The summed E-state index contributed by atoms with van der Waals surface area (Å²) >= 11 is 1.58. The molecule has 1 atom stereocenters. The number of hydrogen-bond donors (Lipinski definition) is 1. The Balaban J connectivity index is 1.46. The first-order valence-corrected chi connectivity index (χ1v) is 10.8. The van der Waals surface area contributed by atoms with E-state index in [4.69, 9.17) is 10.5 Å². The van der Waals surface area contributed by atoms with Gasteiger partial charge in [0.15, 0.2) is 0 Å². The normalized spacial score (nSPS) is 20.8. The number of aryl methyl sites for hydroxylation is 1. The van der Waals surface area contributed by atoms with E-state index in [1.165, 1.54) is 19.3 Å². The van der Waals surface area contributed by atoms with Crippen LogP contribution in [-0.2, 0) is 0 Å². The summed E-state index contributed by atoms with van der Waals surface area (Å²) in [5.74, 6) is 1.07. The van der Waals surface area contributed by atoms with Gasteiger partial charge in [0, 0.05) is 24.0 Å². The number of nitrogens with two attached hydrogens (primary N) is 1. The number of benzene rings is 1. The third-order valence-corrected chi connectivity index (χ3v) is 6.89. The molecular weight excluding hydrogens is 356 g/mol. The van der Waals surface area contributed by atoms with E-state index in [0.29, 0.717) is 12.6 Å². The third kappa shape index (κ3) is 4.19. The molecule has 1 aliphatic carbocycles. The smallest absolute Gasteiger partial charge is 0.264 e. The van der Waals surface area contributed by atoms with Gasteiger partial charge in [0.2, 0.25) is 0 Å². The minimum atomic E-state index is 0.116. The lowest BCUT2D eigenvalue weighted by molar-refractivity contribution is 0.0795. The summed E-state index contributed by atoms with van der Waals surface area (Å²) in [5.41, 5.74) is 8.13. The molecule has 4 nitrogen and oxygen atoms in total. The molecule has 2 fully saturated rings. The fourth-order valence-electron chi connectivity index (χ4n) is 4.03.